The van der Waals surface area contributed by atoms with Crippen molar-refractivity contribution in [1.29, 1.82) is 0 Å². The first-order valence-corrected chi connectivity index (χ1v) is 13.0. The van der Waals surface area contributed by atoms with E-state index in [1.54, 1.807) is 11.3 Å². The Bertz CT molecular complexity index is 1460. The van der Waals surface area contributed by atoms with Crippen molar-refractivity contribution in [3.05, 3.63) is 58.1 Å². The third-order valence-corrected chi connectivity index (χ3v) is 7.62. The van der Waals surface area contributed by atoms with Crippen molar-refractivity contribution >= 4 is 44.3 Å². The Labute approximate surface area is 218 Å². The Morgan fingerprint density at radius 2 is 1.89 bits per heavy atom. The Kier molecular flexibility index (Phi) is 6.26. The van der Waals surface area contributed by atoms with Gasteiger partial charge >= 0.3 is 5.97 Å². The number of nitrogens with zero attached hydrogens (tertiary/aromatic N) is 5. The summed E-state index contributed by atoms with van der Waals surface area (Å²) in [6.45, 7) is 11.7. The van der Waals surface area contributed by atoms with Gasteiger partial charge in [0.1, 0.15) is 5.82 Å². The molecule has 10 heteroatoms. The number of aryl methyl sites for hydroxylation is 2. The molecule has 0 amide bonds. The molecule has 0 saturated carbocycles. The van der Waals surface area contributed by atoms with E-state index < -0.39 is 17.7 Å². The minimum absolute atomic E-state index is 0.614. The molecule has 4 aromatic rings. The maximum absolute atomic E-state index is 12.5. The molecule has 2 aromatic carbocycles. The number of aliphatic carboxylic acids is 1. The maximum Gasteiger partial charge on any atom is 0.337 e. The molecular formula is C26H28ClN5O3S. The van der Waals surface area contributed by atoms with Gasteiger partial charge in [0.05, 0.1) is 22.4 Å². The lowest BCUT2D eigenvalue weighted by Crippen LogP contribution is -2.34. The molecule has 0 spiro atoms. The first-order chi connectivity index (χ1) is 17.0. The van der Waals surface area contributed by atoms with Crippen molar-refractivity contribution in [2.75, 3.05) is 11.4 Å². The molecule has 1 atom stereocenters. The van der Waals surface area contributed by atoms with Crippen molar-refractivity contribution in [3.8, 4) is 11.1 Å². The summed E-state index contributed by atoms with van der Waals surface area (Å²) in [7, 11) is 0. The highest BCUT2D eigenvalue weighted by Crippen LogP contribution is 2.44. The van der Waals surface area contributed by atoms with E-state index in [2.05, 4.69) is 19.7 Å². The Morgan fingerprint density at radius 3 is 2.56 bits per heavy atom. The standard InChI is InChI=1S/C26H28ClN5O3S/c1-14-12-18-23(36-25(28-18)31-10-11-32-15(2)29-30-19(32)13-31)21(16-6-8-17(27)9-7-16)20(14)22(24(33)34)35-26(3,4)5/h6-9,12,22H,10-11,13H2,1-5H3,(H,33,34)/t22-/m0/s1. The van der Waals surface area contributed by atoms with Crippen LogP contribution in [0.1, 0.15) is 49.7 Å². The molecule has 5 rings (SSSR count). The molecule has 188 valence electrons. The zero-order chi connectivity index (χ0) is 25.8. The molecule has 3 heterocycles. The fourth-order valence-electron chi connectivity index (χ4n) is 4.63. The van der Waals surface area contributed by atoms with Gasteiger partial charge in [-0.3, -0.25) is 0 Å². The number of aromatic nitrogens is 4. The molecule has 0 radical (unpaired) electrons. The maximum atomic E-state index is 12.5. The number of carboxylic acids is 1. The van der Waals surface area contributed by atoms with Crippen LogP contribution in [0.3, 0.4) is 0 Å². The van der Waals surface area contributed by atoms with Gasteiger partial charge in [-0.2, -0.15) is 0 Å². The first-order valence-electron chi connectivity index (χ1n) is 11.8. The van der Waals surface area contributed by atoms with Gasteiger partial charge < -0.3 is 19.3 Å². The number of carboxylic acid groups (broad SMARTS) is 1. The molecule has 0 saturated heterocycles. The summed E-state index contributed by atoms with van der Waals surface area (Å²) < 4.78 is 9.14. The van der Waals surface area contributed by atoms with Gasteiger partial charge in [-0.15, -0.1) is 10.2 Å². The predicted molar refractivity (Wildman–Crippen MR) is 142 cm³/mol. The molecule has 1 aliphatic heterocycles. The lowest BCUT2D eigenvalue weighted by molar-refractivity contribution is -0.160. The van der Waals surface area contributed by atoms with Crippen molar-refractivity contribution < 1.29 is 14.6 Å². The van der Waals surface area contributed by atoms with Gasteiger partial charge in [0.2, 0.25) is 0 Å². The van der Waals surface area contributed by atoms with Gasteiger partial charge in [-0.05, 0) is 63.9 Å². The number of hydrogen-bond acceptors (Lipinski definition) is 7. The topological polar surface area (TPSA) is 93.4 Å². The number of benzene rings is 2. The highest BCUT2D eigenvalue weighted by Gasteiger charge is 2.33. The van der Waals surface area contributed by atoms with Crippen LogP contribution in [-0.4, -0.2) is 43.0 Å². The average Bonchev–Trinajstić information content (AvgIpc) is 3.40. The van der Waals surface area contributed by atoms with Crippen molar-refractivity contribution in [2.45, 2.75) is 59.4 Å². The molecule has 0 unspecified atom stereocenters. The van der Waals surface area contributed by atoms with E-state index in [0.717, 1.165) is 56.8 Å². The van der Waals surface area contributed by atoms with E-state index in [1.807, 2.05) is 65.0 Å². The van der Waals surface area contributed by atoms with Crippen LogP contribution in [-0.2, 0) is 22.6 Å². The summed E-state index contributed by atoms with van der Waals surface area (Å²) in [6.07, 6.45) is -1.14. The summed E-state index contributed by atoms with van der Waals surface area (Å²) in [5, 5.41) is 20.2. The van der Waals surface area contributed by atoms with E-state index in [4.69, 9.17) is 21.3 Å². The number of ether oxygens (including phenoxy) is 1. The van der Waals surface area contributed by atoms with Gasteiger partial charge in [-0.25, -0.2) is 9.78 Å². The summed E-state index contributed by atoms with van der Waals surface area (Å²) in [5.41, 5.74) is 3.31. The molecule has 1 N–H and O–H groups in total. The lowest BCUT2D eigenvalue weighted by Gasteiger charge is -2.28. The number of hydrogen-bond donors (Lipinski definition) is 1. The molecule has 0 fully saturated rings. The largest absolute Gasteiger partial charge is 0.479 e. The fourth-order valence-corrected chi connectivity index (χ4v) is 5.90. The SMILES string of the molecule is Cc1cc2nc(N3CCn4c(C)nnc4C3)sc2c(-c2ccc(Cl)cc2)c1[C@H](OC(C)(C)C)C(=O)O. The molecule has 8 nitrogen and oxygen atoms in total. The van der Waals surface area contributed by atoms with Gasteiger partial charge in [0.15, 0.2) is 17.1 Å². The van der Waals surface area contributed by atoms with E-state index in [9.17, 15) is 9.90 Å². The highest BCUT2D eigenvalue weighted by atomic mass is 35.5. The van der Waals surface area contributed by atoms with E-state index in [0.29, 0.717) is 17.1 Å². The minimum atomic E-state index is -1.14. The second-order valence-electron chi connectivity index (χ2n) is 10.0. The van der Waals surface area contributed by atoms with Crippen LogP contribution in [0.2, 0.25) is 5.02 Å². The summed E-state index contributed by atoms with van der Waals surface area (Å²) in [5.74, 6) is 0.799. The second-order valence-corrected chi connectivity index (χ2v) is 11.4. The normalized spacial score (nSPS) is 14.8. The lowest BCUT2D eigenvalue weighted by atomic mass is 9.91. The Morgan fingerprint density at radius 1 is 1.17 bits per heavy atom. The molecular weight excluding hydrogens is 498 g/mol. The average molecular weight is 526 g/mol. The third-order valence-electron chi connectivity index (χ3n) is 6.22. The smallest absolute Gasteiger partial charge is 0.337 e. The number of fused-ring (bicyclic) bond motifs is 2. The van der Waals surface area contributed by atoms with Crippen LogP contribution in [0, 0.1) is 13.8 Å². The first kappa shape index (κ1) is 24.7. The van der Waals surface area contributed by atoms with E-state index in [1.165, 1.54) is 0 Å². The van der Waals surface area contributed by atoms with Gasteiger partial charge in [0, 0.05) is 29.2 Å². The molecule has 1 aliphatic rings. The van der Waals surface area contributed by atoms with Crippen molar-refractivity contribution in [1.82, 2.24) is 19.7 Å². The predicted octanol–water partition coefficient (Wildman–Crippen LogP) is 5.79. The number of rotatable bonds is 5. The highest BCUT2D eigenvalue weighted by molar-refractivity contribution is 7.22. The number of anilines is 1. The number of thiazole rings is 1. The Hall–Kier alpha value is -3.01. The summed E-state index contributed by atoms with van der Waals surface area (Å²) >= 11 is 7.75. The third kappa shape index (κ3) is 4.58. The molecule has 0 aliphatic carbocycles. The van der Waals surface area contributed by atoms with Crippen LogP contribution in [0.4, 0.5) is 5.13 Å². The van der Waals surface area contributed by atoms with Crippen LogP contribution >= 0.6 is 22.9 Å². The zero-order valence-electron chi connectivity index (χ0n) is 20.9. The van der Waals surface area contributed by atoms with Crippen LogP contribution in [0.5, 0.6) is 0 Å². The number of halogens is 1. The van der Waals surface area contributed by atoms with Crippen molar-refractivity contribution in [3.63, 3.8) is 0 Å². The summed E-state index contributed by atoms with van der Waals surface area (Å²) in [6, 6.07) is 9.43. The summed E-state index contributed by atoms with van der Waals surface area (Å²) in [4.78, 5) is 19.7. The van der Waals surface area contributed by atoms with Gasteiger partial charge in [0.25, 0.3) is 0 Å². The molecule has 36 heavy (non-hydrogen) atoms. The molecule has 0 bridgehead atoms. The second kappa shape index (κ2) is 9.14. The minimum Gasteiger partial charge on any atom is -0.479 e. The fraction of sp³-hybridized carbons (Fsp3) is 0.385. The van der Waals surface area contributed by atoms with Crippen molar-refractivity contribution in [2.24, 2.45) is 0 Å². The Balaban J connectivity index is 1.69. The van der Waals surface area contributed by atoms with Gasteiger partial charge in [-0.1, -0.05) is 35.1 Å². The zero-order valence-corrected chi connectivity index (χ0v) is 22.4. The van der Waals surface area contributed by atoms with E-state index >= 15 is 0 Å². The quantitative estimate of drug-likeness (QED) is 0.352. The van der Waals surface area contributed by atoms with E-state index in [-0.39, 0.29) is 0 Å². The van der Waals surface area contributed by atoms with Crippen LogP contribution in [0.15, 0.2) is 30.3 Å². The van der Waals surface area contributed by atoms with Crippen LogP contribution < -0.4 is 4.90 Å². The van der Waals surface area contributed by atoms with Crippen LogP contribution in [0.25, 0.3) is 21.3 Å². The number of carbonyl (C=O) groups is 1. The molecule has 2 aromatic heterocycles. The monoisotopic (exact) mass is 525 g/mol.